The van der Waals surface area contributed by atoms with Crippen LogP contribution in [0.1, 0.15) is 59.8 Å². The lowest BCUT2D eigenvalue weighted by molar-refractivity contribution is -0.137. The topological polar surface area (TPSA) is 110 Å². The number of aromatic amines is 1. The summed E-state index contributed by atoms with van der Waals surface area (Å²) in [5.74, 6) is 0.373. The molecule has 0 atom stereocenters. The van der Waals surface area contributed by atoms with Gasteiger partial charge in [-0.15, -0.1) is 0 Å². The number of nitrogens with zero attached hydrogens (tertiary/aromatic N) is 3. The van der Waals surface area contributed by atoms with Gasteiger partial charge >= 0.3 is 5.97 Å². The van der Waals surface area contributed by atoms with Gasteiger partial charge in [0.1, 0.15) is 12.9 Å². The highest BCUT2D eigenvalue weighted by Gasteiger charge is 2.26. The van der Waals surface area contributed by atoms with Crippen LogP contribution in [-0.4, -0.2) is 44.0 Å². The molecule has 1 saturated carbocycles. The molecule has 1 aromatic carbocycles. The van der Waals surface area contributed by atoms with E-state index in [1.807, 2.05) is 30.3 Å². The molecular formula is C27H29ClN4O4. The standard InChI is InChI=1S/C27H29ClN4O4/c28-23-14-20(4-3-19(23)5-8-25-29-16-32(31-25)15-26(33)34)22(13-17-9-11-36-12-10-17)24-7-6-21(18-1-2-18)27(35)30-24/h3-4,6-7,13-14,16-18H,1-2,5,8-12,15H2,(H,30,35)(H,33,34)/b22-13+. The van der Waals surface area contributed by atoms with Gasteiger partial charge in [0.25, 0.3) is 5.56 Å². The molecule has 1 saturated heterocycles. The van der Waals surface area contributed by atoms with Gasteiger partial charge in [0.15, 0.2) is 5.82 Å². The Bertz CT molecular complexity index is 1340. The second kappa shape index (κ2) is 10.8. The number of H-pyrrole nitrogens is 1. The van der Waals surface area contributed by atoms with E-state index in [-0.39, 0.29) is 12.1 Å². The Hall–Kier alpha value is -3.23. The van der Waals surface area contributed by atoms with Crippen molar-refractivity contribution in [3.8, 4) is 0 Å². The average molecular weight is 509 g/mol. The lowest BCUT2D eigenvalue weighted by atomic mass is 9.91. The molecule has 5 rings (SSSR count). The smallest absolute Gasteiger partial charge is 0.325 e. The molecule has 2 aromatic heterocycles. The van der Waals surface area contributed by atoms with Gasteiger partial charge in [0, 0.05) is 41.5 Å². The van der Waals surface area contributed by atoms with E-state index < -0.39 is 5.97 Å². The maximum atomic E-state index is 12.8. The van der Waals surface area contributed by atoms with E-state index in [1.165, 1.54) is 11.0 Å². The molecular weight excluding hydrogens is 480 g/mol. The van der Waals surface area contributed by atoms with Crippen molar-refractivity contribution < 1.29 is 14.6 Å². The summed E-state index contributed by atoms with van der Waals surface area (Å²) in [6.07, 6.45) is 8.90. The molecule has 3 aromatic rings. The molecule has 36 heavy (non-hydrogen) atoms. The maximum absolute atomic E-state index is 12.8. The van der Waals surface area contributed by atoms with E-state index in [0.717, 1.165) is 66.9 Å². The summed E-state index contributed by atoms with van der Waals surface area (Å²) in [4.78, 5) is 30.9. The lowest BCUT2D eigenvalue weighted by Crippen LogP contribution is -2.16. The van der Waals surface area contributed by atoms with Crippen molar-refractivity contribution in [3.05, 3.63) is 86.3 Å². The van der Waals surface area contributed by atoms with Crippen LogP contribution in [0.15, 0.2) is 47.5 Å². The quantitative estimate of drug-likeness (QED) is 0.447. The lowest BCUT2D eigenvalue weighted by Gasteiger charge is -2.21. The summed E-state index contributed by atoms with van der Waals surface area (Å²) in [6, 6.07) is 9.97. The SMILES string of the molecule is O=C(O)Cn1cnc(CCc2ccc(/C(=C\C3CCOCC3)c3ccc(C4CC4)c(=O)[nH]3)cc2Cl)n1. The van der Waals surface area contributed by atoms with Crippen LogP contribution >= 0.6 is 11.6 Å². The Morgan fingerprint density at radius 2 is 1.97 bits per heavy atom. The predicted molar refractivity (Wildman–Crippen MR) is 136 cm³/mol. The Balaban J connectivity index is 1.38. The number of allylic oxidation sites excluding steroid dienone is 1. The van der Waals surface area contributed by atoms with Gasteiger partial charge in [0.2, 0.25) is 0 Å². The van der Waals surface area contributed by atoms with E-state index in [4.69, 9.17) is 21.4 Å². The van der Waals surface area contributed by atoms with E-state index in [1.54, 1.807) is 0 Å². The summed E-state index contributed by atoms with van der Waals surface area (Å²) in [6.45, 7) is 1.26. The number of aromatic nitrogens is 4. The molecule has 0 bridgehead atoms. The van der Waals surface area contributed by atoms with Gasteiger partial charge in [0.05, 0.1) is 0 Å². The van der Waals surface area contributed by atoms with Gasteiger partial charge in [-0.05, 0) is 67.2 Å². The van der Waals surface area contributed by atoms with Gasteiger partial charge in [-0.25, -0.2) is 9.67 Å². The van der Waals surface area contributed by atoms with Gasteiger partial charge < -0.3 is 14.8 Å². The first-order valence-corrected chi connectivity index (χ1v) is 12.8. The maximum Gasteiger partial charge on any atom is 0.325 e. The second-order valence-electron chi connectivity index (χ2n) is 9.52. The Morgan fingerprint density at radius 1 is 1.17 bits per heavy atom. The monoisotopic (exact) mass is 508 g/mol. The van der Waals surface area contributed by atoms with Crippen molar-refractivity contribution >= 4 is 23.1 Å². The Labute approximate surface area is 214 Å². The highest BCUT2D eigenvalue weighted by molar-refractivity contribution is 6.31. The fourth-order valence-electron chi connectivity index (χ4n) is 4.64. The first-order valence-electron chi connectivity index (χ1n) is 12.4. The van der Waals surface area contributed by atoms with Crippen molar-refractivity contribution in [3.63, 3.8) is 0 Å². The van der Waals surface area contributed by atoms with Gasteiger partial charge in [-0.1, -0.05) is 35.9 Å². The third kappa shape index (κ3) is 5.94. The molecule has 0 amide bonds. The van der Waals surface area contributed by atoms with Crippen LogP contribution < -0.4 is 5.56 Å². The van der Waals surface area contributed by atoms with Crippen molar-refractivity contribution in [2.24, 2.45) is 5.92 Å². The molecule has 2 N–H and O–H groups in total. The zero-order valence-corrected chi connectivity index (χ0v) is 20.7. The van der Waals surface area contributed by atoms with Gasteiger partial charge in [-0.2, -0.15) is 5.10 Å². The Morgan fingerprint density at radius 3 is 2.67 bits per heavy atom. The number of hydrogen-bond donors (Lipinski definition) is 2. The molecule has 0 radical (unpaired) electrons. The van der Waals surface area contributed by atoms with Crippen molar-refractivity contribution in [2.75, 3.05) is 13.2 Å². The number of aryl methyl sites for hydroxylation is 2. The number of carboxylic acid groups (broad SMARTS) is 1. The number of pyridine rings is 1. The van der Waals surface area contributed by atoms with E-state index in [9.17, 15) is 9.59 Å². The molecule has 3 heterocycles. The van der Waals surface area contributed by atoms with E-state index in [0.29, 0.717) is 35.5 Å². The van der Waals surface area contributed by atoms with Crippen LogP contribution in [0.25, 0.3) is 5.57 Å². The van der Waals surface area contributed by atoms with E-state index in [2.05, 4.69) is 21.1 Å². The minimum absolute atomic E-state index is 0.00886. The summed E-state index contributed by atoms with van der Waals surface area (Å²) in [7, 11) is 0. The van der Waals surface area contributed by atoms with Crippen molar-refractivity contribution in [1.29, 1.82) is 0 Å². The normalized spacial score (nSPS) is 16.9. The van der Waals surface area contributed by atoms with Crippen LogP contribution in [0.2, 0.25) is 5.02 Å². The highest BCUT2D eigenvalue weighted by atomic mass is 35.5. The molecule has 0 unspecified atom stereocenters. The molecule has 188 valence electrons. The van der Waals surface area contributed by atoms with Crippen molar-refractivity contribution in [2.45, 2.75) is 51.0 Å². The van der Waals surface area contributed by atoms with Crippen LogP contribution in [-0.2, 0) is 28.9 Å². The third-order valence-corrected chi connectivity index (χ3v) is 7.13. The number of nitrogens with one attached hydrogen (secondary N) is 1. The number of hydrogen-bond acceptors (Lipinski definition) is 5. The molecule has 1 aliphatic heterocycles. The number of carbonyl (C=O) groups is 1. The number of rotatable bonds is 9. The highest BCUT2D eigenvalue weighted by Crippen LogP contribution is 2.38. The number of ether oxygens (including phenoxy) is 1. The zero-order valence-electron chi connectivity index (χ0n) is 20.0. The van der Waals surface area contributed by atoms with Crippen molar-refractivity contribution in [1.82, 2.24) is 19.7 Å². The molecule has 1 aliphatic carbocycles. The first-order chi connectivity index (χ1) is 17.5. The molecule has 0 spiro atoms. The summed E-state index contributed by atoms with van der Waals surface area (Å²) in [5.41, 5.74) is 4.55. The number of carboxylic acids is 1. The molecule has 9 heteroatoms. The van der Waals surface area contributed by atoms with E-state index >= 15 is 0 Å². The van der Waals surface area contributed by atoms with Crippen LogP contribution in [0.4, 0.5) is 0 Å². The van der Waals surface area contributed by atoms with Gasteiger partial charge in [-0.3, -0.25) is 9.59 Å². The second-order valence-corrected chi connectivity index (χ2v) is 9.93. The summed E-state index contributed by atoms with van der Waals surface area (Å²) < 4.78 is 6.84. The predicted octanol–water partition coefficient (Wildman–Crippen LogP) is 4.23. The minimum atomic E-state index is -0.960. The summed E-state index contributed by atoms with van der Waals surface area (Å²) in [5, 5.41) is 13.7. The minimum Gasteiger partial charge on any atom is -0.480 e. The largest absolute Gasteiger partial charge is 0.480 e. The zero-order chi connectivity index (χ0) is 25.1. The fraction of sp³-hybridized carbons (Fsp3) is 0.407. The number of benzene rings is 1. The van der Waals surface area contributed by atoms with Crippen LogP contribution in [0.5, 0.6) is 0 Å². The van der Waals surface area contributed by atoms with Crippen LogP contribution in [0, 0.1) is 5.92 Å². The fourth-order valence-corrected chi connectivity index (χ4v) is 4.92. The molecule has 2 aliphatic rings. The average Bonchev–Trinajstić information content (AvgIpc) is 3.61. The summed E-state index contributed by atoms with van der Waals surface area (Å²) >= 11 is 6.71. The Kier molecular flexibility index (Phi) is 7.34. The first kappa shape index (κ1) is 24.5. The third-order valence-electron chi connectivity index (χ3n) is 6.78. The van der Waals surface area contributed by atoms with Crippen LogP contribution in [0.3, 0.4) is 0 Å². The number of halogens is 1. The number of aliphatic carboxylic acids is 1. The molecule has 2 fully saturated rings. The molecule has 8 nitrogen and oxygen atoms in total.